The van der Waals surface area contributed by atoms with E-state index in [-0.39, 0.29) is 5.91 Å². The Bertz CT molecular complexity index is 853. The molecule has 0 saturated carbocycles. The van der Waals surface area contributed by atoms with Crippen molar-refractivity contribution in [2.24, 2.45) is 7.05 Å². The van der Waals surface area contributed by atoms with Crippen molar-refractivity contribution in [2.75, 3.05) is 13.1 Å². The molecule has 0 aliphatic carbocycles. The first-order valence-electron chi connectivity index (χ1n) is 8.67. The minimum Gasteiger partial charge on any atom is -0.342 e. The lowest BCUT2D eigenvalue weighted by Crippen LogP contribution is -2.39. The van der Waals surface area contributed by atoms with Gasteiger partial charge < -0.3 is 9.47 Å². The summed E-state index contributed by atoms with van der Waals surface area (Å²) in [6.45, 7) is 1.62. The number of rotatable bonds is 4. The van der Waals surface area contributed by atoms with Crippen LogP contribution in [0.15, 0.2) is 30.6 Å². The SMILES string of the molecule is Cn1cnnc1CCC(=O)N1CCC[C@H](c2nc3ccccc3s2)C1. The van der Waals surface area contributed by atoms with Crippen LogP contribution in [0, 0.1) is 0 Å². The molecule has 1 amide bonds. The lowest BCUT2D eigenvalue weighted by molar-refractivity contribution is -0.132. The molecule has 0 N–H and O–H groups in total. The molecule has 4 rings (SSSR count). The van der Waals surface area contributed by atoms with Gasteiger partial charge >= 0.3 is 0 Å². The zero-order valence-corrected chi connectivity index (χ0v) is 15.1. The highest BCUT2D eigenvalue weighted by Crippen LogP contribution is 2.33. The van der Waals surface area contributed by atoms with Crippen LogP contribution in [0.5, 0.6) is 0 Å². The highest BCUT2D eigenvalue weighted by Gasteiger charge is 2.26. The van der Waals surface area contributed by atoms with E-state index in [0.29, 0.717) is 18.8 Å². The van der Waals surface area contributed by atoms with E-state index in [4.69, 9.17) is 4.98 Å². The zero-order valence-electron chi connectivity index (χ0n) is 14.3. The Balaban J connectivity index is 1.41. The predicted molar refractivity (Wildman–Crippen MR) is 97.5 cm³/mol. The third-order valence-corrected chi connectivity index (χ3v) is 6.00. The highest BCUT2D eigenvalue weighted by molar-refractivity contribution is 7.18. The Kier molecular flexibility index (Phi) is 4.48. The average Bonchev–Trinajstić information content (AvgIpc) is 3.25. The Morgan fingerprint density at radius 1 is 1.36 bits per heavy atom. The van der Waals surface area contributed by atoms with Gasteiger partial charge in [0.15, 0.2) is 0 Å². The molecule has 1 saturated heterocycles. The van der Waals surface area contributed by atoms with Crippen LogP contribution in [-0.2, 0) is 18.3 Å². The number of hydrogen-bond donors (Lipinski definition) is 0. The summed E-state index contributed by atoms with van der Waals surface area (Å²) in [4.78, 5) is 19.4. The molecule has 1 atom stereocenters. The van der Waals surface area contributed by atoms with Crippen LogP contribution in [0.3, 0.4) is 0 Å². The van der Waals surface area contributed by atoms with Crippen molar-refractivity contribution in [1.29, 1.82) is 0 Å². The quantitative estimate of drug-likeness (QED) is 0.722. The molecule has 1 aromatic carbocycles. The lowest BCUT2D eigenvalue weighted by Gasteiger charge is -2.32. The van der Waals surface area contributed by atoms with Crippen LogP contribution in [-0.4, -0.2) is 43.6 Å². The van der Waals surface area contributed by atoms with Gasteiger partial charge in [0.05, 0.1) is 15.2 Å². The van der Waals surface area contributed by atoms with Gasteiger partial charge in [0.25, 0.3) is 0 Å². The molecule has 3 aromatic rings. The van der Waals surface area contributed by atoms with Crippen molar-refractivity contribution in [3.8, 4) is 0 Å². The molecule has 0 unspecified atom stereocenters. The number of carbonyl (C=O) groups is 1. The average molecular weight is 355 g/mol. The van der Waals surface area contributed by atoms with Crippen LogP contribution in [0.4, 0.5) is 0 Å². The van der Waals surface area contributed by atoms with Gasteiger partial charge in [-0.25, -0.2) is 4.98 Å². The second kappa shape index (κ2) is 6.92. The molecular formula is C18H21N5OS. The van der Waals surface area contributed by atoms with Crippen LogP contribution >= 0.6 is 11.3 Å². The van der Waals surface area contributed by atoms with Crippen molar-refractivity contribution in [2.45, 2.75) is 31.6 Å². The van der Waals surface area contributed by atoms with Gasteiger partial charge in [0, 0.05) is 38.9 Å². The number of nitrogens with zero attached hydrogens (tertiary/aromatic N) is 5. The van der Waals surface area contributed by atoms with E-state index < -0.39 is 0 Å². The minimum absolute atomic E-state index is 0.203. The number of benzene rings is 1. The van der Waals surface area contributed by atoms with Gasteiger partial charge in [0.1, 0.15) is 12.2 Å². The molecular weight excluding hydrogens is 334 g/mol. The van der Waals surface area contributed by atoms with E-state index in [1.807, 2.05) is 28.6 Å². The summed E-state index contributed by atoms with van der Waals surface area (Å²) in [6.07, 6.45) is 4.93. The fraction of sp³-hybridized carbons (Fsp3) is 0.444. The second-order valence-corrected chi connectivity index (χ2v) is 7.62. The molecule has 1 aliphatic rings. The number of fused-ring (bicyclic) bond motifs is 1. The number of carbonyl (C=O) groups excluding carboxylic acids is 1. The molecule has 0 bridgehead atoms. The predicted octanol–water partition coefficient (Wildman–Crippen LogP) is 2.76. The normalized spacial score (nSPS) is 18.0. The molecule has 2 aromatic heterocycles. The Labute approximate surface area is 150 Å². The second-order valence-electron chi connectivity index (χ2n) is 6.56. The molecule has 1 fully saturated rings. The number of thiazole rings is 1. The summed E-state index contributed by atoms with van der Waals surface area (Å²) in [7, 11) is 1.91. The highest BCUT2D eigenvalue weighted by atomic mass is 32.1. The number of hydrogen-bond acceptors (Lipinski definition) is 5. The van der Waals surface area contributed by atoms with Gasteiger partial charge in [-0.15, -0.1) is 21.5 Å². The van der Waals surface area contributed by atoms with E-state index in [9.17, 15) is 4.79 Å². The molecule has 6 nitrogen and oxygen atoms in total. The van der Waals surface area contributed by atoms with Crippen LogP contribution in [0.1, 0.15) is 36.0 Å². The van der Waals surface area contributed by atoms with Crippen molar-refractivity contribution < 1.29 is 4.79 Å². The zero-order chi connectivity index (χ0) is 17.2. The fourth-order valence-corrected chi connectivity index (χ4v) is 4.47. The molecule has 0 radical (unpaired) electrons. The summed E-state index contributed by atoms with van der Waals surface area (Å²) in [5.41, 5.74) is 1.06. The molecule has 1 aliphatic heterocycles. The summed E-state index contributed by atoms with van der Waals surface area (Å²) in [6, 6.07) is 8.24. The van der Waals surface area contributed by atoms with Gasteiger partial charge in [-0.3, -0.25) is 4.79 Å². The molecule has 7 heteroatoms. The fourth-order valence-electron chi connectivity index (χ4n) is 3.38. The van der Waals surface area contributed by atoms with Crippen molar-refractivity contribution >= 4 is 27.5 Å². The third kappa shape index (κ3) is 3.42. The first-order valence-corrected chi connectivity index (χ1v) is 9.48. The Morgan fingerprint density at radius 3 is 3.04 bits per heavy atom. The summed E-state index contributed by atoms with van der Waals surface area (Å²) >= 11 is 1.76. The molecule has 130 valence electrons. The molecule has 25 heavy (non-hydrogen) atoms. The third-order valence-electron chi connectivity index (χ3n) is 4.80. The van der Waals surface area contributed by atoms with Crippen molar-refractivity contribution in [1.82, 2.24) is 24.6 Å². The van der Waals surface area contributed by atoms with E-state index in [0.717, 1.165) is 42.3 Å². The monoisotopic (exact) mass is 355 g/mol. The first kappa shape index (κ1) is 16.2. The number of para-hydroxylation sites is 1. The number of likely N-dealkylation sites (tertiary alicyclic amines) is 1. The van der Waals surface area contributed by atoms with Crippen LogP contribution in [0.25, 0.3) is 10.2 Å². The van der Waals surface area contributed by atoms with E-state index >= 15 is 0 Å². The first-order chi connectivity index (χ1) is 12.2. The maximum atomic E-state index is 12.6. The summed E-state index contributed by atoms with van der Waals surface area (Å²) in [5.74, 6) is 1.41. The maximum Gasteiger partial charge on any atom is 0.223 e. The minimum atomic E-state index is 0.203. The van der Waals surface area contributed by atoms with Gasteiger partial charge in [-0.05, 0) is 25.0 Å². The van der Waals surface area contributed by atoms with E-state index in [1.165, 1.54) is 4.70 Å². The molecule has 3 heterocycles. The van der Waals surface area contributed by atoms with E-state index in [1.54, 1.807) is 17.7 Å². The Hall–Kier alpha value is -2.28. The van der Waals surface area contributed by atoms with Crippen molar-refractivity contribution in [3.63, 3.8) is 0 Å². The topological polar surface area (TPSA) is 63.9 Å². The number of aromatic nitrogens is 4. The van der Waals surface area contributed by atoms with Crippen LogP contribution in [0.2, 0.25) is 0 Å². The largest absolute Gasteiger partial charge is 0.342 e. The van der Waals surface area contributed by atoms with Crippen molar-refractivity contribution in [3.05, 3.63) is 41.4 Å². The summed E-state index contributed by atoms with van der Waals surface area (Å²) < 4.78 is 3.09. The standard InChI is InChI=1S/C18H21N5OS/c1-22-12-19-21-16(22)8-9-17(24)23-10-4-5-13(11-23)18-20-14-6-2-3-7-15(14)25-18/h2-3,6-7,12-13H,4-5,8-11H2,1H3/t13-/m0/s1. The van der Waals surface area contributed by atoms with E-state index in [2.05, 4.69) is 22.3 Å². The summed E-state index contributed by atoms with van der Waals surface area (Å²) in [5, 5.41) is 9.08. The smallest absolute Gasteiger partial charge is 0.223 e. The van der Waals surface area contributed by atoms with Crippen LogP contribution < -0.4 is 0 Å². The number of piperidine rings is 1. The number of aryl methyl sites for hydroxylation is 2. The number of amides is 1. The van der Waals surface area contributed by atoms with Gasteiger partial charge in [-0.1, -0.05) is 12.1 Å². The van der Waals surface area contributed by atoms with Gasteiger partial charge in [-0.2, -0.15) is 0 Å². The van der Waals surface area contributed by atoms with Gasteiger partial charge in [0.2, 0.25) is 5.91 Å². The molecule has 0 spiro atoms. The Morgan fingerprint density at radius 2 is 2.24 bits per heavy atom. The maximum absolute atomic E-state index is 12.6. The lowest BCUT2D eigenvalue weighted by atomic mass is 9.98.